The standard InChI is InChI=1S/C17H18F3N3O/c1-24-12-8-6-10(7-9-12)13-14(11-4-2-3-5-11)22-16(17(18,19)20)23-15(13)21/h6-9,11H,2-5H2,1H3,(H2,21,22,23). The Balaban J connectivity index is 2.15. The second-order valence-corrected chi connectivity index (χ2v) is 5.90. The van der Waals surface area contributed by atoms with E-state index in [2.05, 4.69) is 9.97 Å². The second-order valence-electron chi connectivity index (χ2n) is 5.90. The highest BCUT2D eigenvalue weighted by Crippen LogP contribution is 2.42. The van der Waals surface area contributed by atoms with E-state index in [9.17, 15) is 13.2 Å². The molecule has 0 aliphatic heterocycles. The maximum absolute atomic E-state index is 13.1. The summed E-state index contributed by atoms with van der Waals surface area (Å²) in [6.07, 6.45) is -1.01. The van der Waals surface area contributed by atoms with Crippen LogP contribution in [-0.2, 0) is 6.18 Å². The number of hydrogen-bond donors (Lipinski definition) is 1. The van der Waals surface area contributed by atoms with Gasteiger partial charge in [0.1, 0.15) is 11.6 Å². The van der Waals surface area contributed by atoms with Gasteiger partial charge in [0.05, 0.1) is 12.8 Å². The van der Waals surface area contributed by atoms with Crippen molar-refractivity contribution < 1.29 is 17.9 Å². The predicted octanol–water partition coefficient (Wildman–Crippen LogP) is 4.41. The molecule has 0 spiro atoms. The van der Waals surface area contributed by atoms with Gasteiger partial charge in [-0.3, -0.25) is 0 Å². The maximum Gasteiger partial charge on any atom is 0.451 e. The maximum atomic E-state index is 13.1. The molecule has 24 heavy (non-hydrogen) atoms. The smallest absolute Gasteiger partial charge is 0.451 e. The molecular weight excluding hydrogens is 319 g/mol. The topological polar surface area (TPSA) is 61.0 Å². The van der Waals surface area contributed by atoms with Crippen molar-refractivity contribution in [3.63, 3.8) is 0 Å². The third-order valence-corrected chi connectivity index (χ3v) is 4.34. The van der Waals surface area contributed by atoms with Crippen LogP contribution in [0.15, 0.2) is 24.3 Å². The van der Waals surface area contributed by atoms with Crippen LogP contribution in [0.3, 0.4) is 0 Å². The fourth-order valence-corrected chi connectivity index (χ4v) is 3.17. The molecule has 1 aromatic carbocycles. The highest BCUT2D eigenvalue weighted by Gasteiger charge is 2.37. The zero-order valence-electron chi connectivity index (χ0n) is 13.2. The zero-order chi connectivity index (χ0) is 17.3. The van der Waals surface area contributed by atoms with Gasteiger partial charge in [-0.15, -0.1) is 0 Å². The number of hydrogen-bond acceptors (Lipinski definition) is 4. The zero-order valence-corrected chi connectivity index (χ0v) is 13.2. The first-order chi connectivity index (χ1) is 11.4. The first kappa shape index (κ1) is 16.5. The van der Waals surface area contributed by atoms with Crippen LogP contribution < -0.4 is 10.5 Å². The Morgan fingerprint density at radius 2 is 1.71 bits per heavy atom. The first-order valence-electron chi connectivity index (χ1n) is 7.79. The van der Waals surface area contributed by atoms with Crippen LogP contribution >= 0.6 is 0 Å². The van der Waals surface area contributed by atoms with Crippen molar-refractivity contribution in [3.8, 4) is 16.9 Å². The van der Waals surface area contributed by atoms with E-state index >= 15 is 0 Å². The molecule has 1 aliphatic rings. The minimum atomic E-state index is -4.61. The molecule has 128 valence electrons. The Morgan fingerprint density at radius 3 is 2.25 bits per heavy atom. The molecule has 3 rings (SSSR count). The van der Waals surface area contributed by atoms with Crippen molar-refractivity contribution >= 4 is 5.82 Å². The Hall–Kier alpha value is -2.31. The van der Waals surface area contributed by atoms with Crippen LogP contribution in [-0.4, -0.2) is 17.1 Å². The van der Waals surface area contributed by atoms with Gasteiger partial charge in [0.2, 0.25) is 5.82 Å². The van der Waals surface area contributed by atoms with E-state index in [1.54, 1.807) is 31.4 Å². The van der Waals surface area contributed by atoms with Crippen LogP contribution in [0.1, 0.15) is 43.1 Å². The lowest BCUT2D eigenvalue weighted by atomic mass is 9.94. The molecule has 0 radical (unpaired) electrons. The van der Waals surface area contributed by atoms with Gasteiger partial charge < -0.3 is 10.5 Å². The lowest BCUT2D eigenvalue weighted by molar-refractivity contribution is -0.145. The summed E-state index contributed by atoms with van der Waals surface area (Å²) in [7, 11) is 1.55. The van der Waals surface area contributed by atoms with Gasteiger partial charge in [-0.1, -0.05) is 25.0 Å². The highest BCUT2D eigenvalue weighted by molar-refractivity contribution is 5.77. The third-order valence-electron chi connectivity index (χ3n) is 4.34. The fraction of sp³-hybridized carbons (Fsp3) is 0.412. The van der Waals surface area contributed by atoms with E-state index in [0.717, 1.165) is 25.7 Å². The largest absolute Gasteiger partial charge is 0.497 e. The number of alkyl halides is 3. The summed E-state index contributed by atoms with van der Waals surface area (Å²) in [4.78, 5) is 7.36. The second kappa shape index (κ2) is 6.30. The monoisotopic (exact) mass is 337 g/mol. The quantitative estimate of drug-likeness (QED) is 0.901. The van der Waals surface area contributed by atoms with Crippen LogP contribution in [0, 0.1) is 0 Å². The van der Waals surface area contributed by atoms with Crippen molar-refractivity contribution in [2.45, 2.75) is 37.8 Å². The number of rotatable bonds is 3. The number of methoxy groups -OCH3 is 1. The Bertz CT molecular complexity index is 723. The van der Waals surface area contributed by atoms with Crippen LogP contribution in [0.4, 0.5) is 19.0 Å². The minimum absolute atomic E-state index is 0.0199. The van der Waals surface area contributed by atoms with Crippen molar-refractivity contribution in [2.24, 2.45) is 0 Å². The van der Waals surface area contributed by atoms with Gasteiger partial charge in [0.15, 0.2) is 0 Å². The molecule has 2 aromatic rings. The molecule has 0 unspecified atom stereocenters. The summed E-state index contributed by atoms with van der Waals surface area (Å²) < 4.78 is 44.3. The average Bonchev–Trinajstić information content (AvgIpc) is 3.08. The molecule has 1 aromatic heterocycles. The molecule has 0 amide bonds. The van der Waals surface area contributed by atoms with Crippen molar-refractivity contribution in [1.29, 1.82) is 0 Å². The van der Waals surface area contributed by atoms with E-state index in [0.29, 0.717) is 22.6 Å². The Morgan fingerprint density at radius 1 is 1.08 bits per heavy atom. The molecule has 1 aliphatic carbocycles. The lowest BCUT2D eigenvalue weighted by Gasteiger charge is -2.18. The molecule has 1 heterocycles. The van der Waals surface area contributed by atoms with Crippen molar-refractivity contribution in [3.05, 3.63) is 35.8 Å². The highest BCUT2D eigenvalue weighted by atomic mass is 19.4. The van der Waals surface area contributed by atoms with E-state index in [4.69, 9.17) is 10.5 Å². The summed E-state index contributed by atoms with van der Waals surface area (Å²) in [5.41, 5.74) is 7.50. The molecule has 7 heteroatoms. The molecule has 4 nitrogen and oxygen atoms in total. The molecule has 1 saturated carbocycles. The normalized spacial score (nSPS) is 15.7. The average molecular weight is 337 g/mol. The molecule has 1 fully saturated rings. The van der Waals surface area contributed by atoms with Gasteiger partial charge in [-0.05, 0) is 30.5 Å². The third kappa shape index (κ3) is 3.16. The van der Waals surface area contributed by atoms with E-state index in [-0.39, 0.29) is 11.7 Å². The number of aromatic nitrogens is 2. The van der Waals surface area contributed by atoms with E-state index < -0.39 is 12.0 Å². The summed E-state index contributed by atoms with van der Waals surface area (Å²) in [5, 5.41) is 0. The van der Waals surface area contributed by atoms with Crippen molar-refractivity contribution in [2.75, 3.05) is 12.8 Å². The van der Waals surface area contributed by atoms with Gasteiger partial charge in [-0.25, -0.2) is 9.97 Å². The van der Waals surface area contributed by atoms with Gasteiger partial charge in [0, 0.05) is 11.5 Å². The van der Waals surface area contributed by atoms with Crippen LogP contribution in [0.25, 0.3) is 11.1 Å². The summed E-state index contributed by atoms with van der Waals surface area (Å²) in [5.74, 6) is -0.662. The lowest BCUT2D eigenvalue weighted by Crippen LogP contribution is -2.16. The number of nitrogens with two attached hydrogens (primary N) is 1. The molecule has 0 atom stereocenters. The number of nitrogens with zero attached hydrogens (tertiary/aromatic N) is 2. The Labute approximate surface area is 137 Å². The number of ether oxygens (including phenoxy) is 1. The predicted molar refractivity (Wildman–Crippen MR) is 84.6 cm³/mol. The minimum Gasteiger partial charge on any atom is -0.497 e. The van der Waals surface area contributed by atoms with Gasteiger partial charge in [0.25, 0.3) is 0 Å². The first-order valence-corrected chi connectivity index (χ1v) is 7.79. The molecule has 0 saturated heterocycles. The molecule has 2 N–H and O–H groups in total. The van der Waals surface area contributed by atoms with Gasteiger partial charge >= 0.3 is 6.18 Å². The number of halogens is 3. The molecule has 0 bridgehead atoms. The summed E-state index contributed by atoms with van der Waals surface area (Å²) in [6, 6.07) is 7.01. The Kier molecular flexibility index (Phi) is 4.34. The fourth-order valence-electron chi connectivity index (χ4n) is 3.17. The van der Waals surface area contributed by atoms with E-state index in [1.807, 2.05) is 0 Å². The van der Waals surface area contributed by atoms with Crippen molar-refractivity contribution in [1.82, 2.24) is 9.97 Å². The number of nitrogen functional groups attached to an aromatic ring is 1. The summed E-state index contributed by atoms with van der Waals surface area (Å²) in [6.45, 7) is 0. The van der Waals surface area contributed by atoms with Crippen LogP contribution in [0.5, 0.6) is 5.75 Å². The SMILES string of the molecule is COc1ccc(-c2c(N)nc(C(F)(F)F)nc2C2CCCC2)cc1. The molecular formula is C17H18F3N3O. The summed E-state index contributed by atoms with van der Waals surface area (Å²) >= 11 is 0. The number of anilines is 1. The van der Waals surface area contributed by atoms with E-state index in [1.165, 1.54) is 0 Å². The van der Waals surface area contributed by atoms with Crippen LogP contribution in [0.2, 0.25) is 0 Å². The van der Waals surface area contributed by atoms with Gasteiger partial charge in [-0.2, -0.15) is 13.2 Å². The number of benzene rings is 1.